The van der Waals surface area contributed by atoms with Crippen molar-refractivity contribution in [1.82, 2.24) is 14.5 Å². The summed E-state index contributed by atoms with van der Waals surface area (Å²) in [6.07, 6.45) is 13.2. The summed E-state index contributed by atoms with van der Waals surface area (Å²) in [4.78, 5) is 18.9. The predicted molar refractivity (Wildman–Crippen MR) is 104 cm³/mol. The van der Waals surface area contributed by atoms with Crippen LogP contribution in [-0.2, 0) is 22.7 Å². The maximum absolute atomic E-state index is 12.9. The first kappa shape index (κ1) is 18.0. The molecule has 1 atom stereocenters. The number of fused-ring (bicyclic) bond motifs is 1. The zero-order valence-corrected chi connectivity index (χ0v) is 15.7. The third-order valence-corrected chi connectivity index (χ3v) is 5.49. The van der Waals surface area contributed by atoms with E-state index in [4.69, 9.17) is 4.74 Å². The Labute approximate surface area is 160 Å². The Hall–Kier alpha value is -2.40. The van der Waals surface area contributed by atoms with E-state index in [2.05, 4.69) is 34.0 Å². The fourth-order valence-electron chi connectivity index (χ4n) is 4.01. The van der Waals surface area contributed by atoms with Crippen molar-refractivity contribution in [2.24, 2.45) is 0 Å². The number of carbonyl (C=O) groups is 1. The SMILES string of the molecule is O=C(CC1=CCCCC1)N1Cc2cccn2[C@@H](COCc2ccncc2)C1. The fraction of sp³-hybridized carbons (Fsp3) is 0.455. The number of rotatable bonds is 6. The average molecular weight is 365 g/mol. The molecule has 142 valence electrons. The molecule has 0 radical (unpaired) electrons. The molecule has 0 N–H and O–H groups in total. The van der Waals surface area contributed by atoms with Crippen LogP contribution in [0, 0.1) is 0 Å². The van der Waals surface area contributed by atoms with E-state index in [1.54, 1.807) is 12.4 Å². The summed E-state index contributed by atoms with van der Waals surface area (Å²) < 4.78 is 8.23. The van der Waals surface area contributed by atoms with Crippen molar-refractivity contribution < 1.29 is 9.53 Å². The van der Waals surface area contributed by atoms with E-state index in [9.17, 15) is 4.79 Å². The highest BCUT2D eigenvalue weighted by molar-refractivity contribution is 5.79. The molecule has 5 nitrogen and oxygen atoms in total. The first-order valence-electron chi connectivity index (χ1n) is 9.87. The number of carbonyl (C=O) groups excluding carboxylic acids is 1. The number of ether oxygens (including phenoxy) is 1. The van der Waals surface area contributed by atoms with Crippen LogP contribution in [0.2, 0.25) is 0 Å². The van der Waals surface area contributed by atoms with Crippen LogP contribution in [0.4, 0.5) is 0 Å². The summed E-state index contributed by atoms with van der Waals surface area (Å²) in [7, 11) is 0. The molecular formula is C22H27N3O2. The van der Waals surface area contributed by atoms with Crippen LogP contribution < -0.4 is 0 Å². The molecule has 1 amide bonds. The first-order valence-corrected chi connectivity index (χ1v) is 9.87. The van der Waals surface area contributed by atoms with Gasteiger partial charge < -0.3 is 14.2 Å². The highest BCUT2D eigenvalue weighted by Gasteiger charge is 2.28. The maximum Gasteiger partial charge on any atom is 0.227 e. The van der Waals surface area contributed by atoms with Gasteiger partial charge in [0.25, 0.3) is 0 Å². The second-order valence-corrected chi connectivity index (χ2v) is 7.49. The standard InChI is InChI=1S/C22H27N3O2/c26-22(13-18-5-2-1-3-6-18)24-14-20-7-4-12-25(20)21(15-24)17-27-16-19-8-10-23-11-9-19/h4-5,7-12,21H,1-3,6,13-17H2/t21-/m1/s1. The highest BCUT2D eigenvalue weighted by Crippen LogP contribution is 2.26. The minimum atomic E-state index is 0.162. The van der Waals surface area contributed by atoms with Crippen LogP contribution in [0.15, 0.2) is 54.5 Å². The molecule has 0 bridgehead atoms. The Morgan fingerprint density at radius 2 is 2.11 bits per heavy atom. The molecule has 0 saturated heterocycles. The normalized spacial score (nSPS) is 19.5. The third kappa shape index (κ3) is 4.48. The molecule has 0 unspecified atom stereocenters. The summed E-state index contributed by atoms with van der Waals surface area (Å²) in [6, 6.07) is 8.26. The van der Waals surface area contributed by atoms with Gasteiger partial charge >= 0.3 is 0 Å². The summed E-state index contributed by atoms with van der Waals surface area (Å²) in [5, 5.41) is 0. The zero-order chi connectivity index (χ0) is 18.5. The molecule has 0 fully saturated rings. The molecule has 1 aliphatic carbocycles. The lowest BCUT2D eigenvalue weighted by Gasteiger charge is -2.35. The Morgan fingerprint density at radius 1 is 1.22 bits per heavy atom. The highest BCUT2D eigenvalue weighted by atomic mass is 16.5. The summed E-state index contributed by atoms with van der Waals surface area (Å²) in [5.74, 6) is 0.245. The maximum atomic E-state index is 12.9. The van der Waals surface area contributed by atoms with Crippen LogP contribution in [-0.4, -0.2) is 33.5 Å². The van der Waals surface area contributed by atoms with E-state index in [1.807, 2.05) is 17.0 Å². The van der Waals surface area contributed by atoms with Crippen LogP contribution in [0.3, 0.4) is 0 Å². The summed E-state index contributed by atoms with van der Waals surface area (Å²) in [6.45, 7) is 2.57. The lowest BCUT2D eigenvalue weighted by molar-refractivity contribution is -0.133. The quantitative estimate of drug-likeness (QED) is 0.730. The van der Waals surface area contributed by atoms with Gasteiger partial charge in [0.15, 0.2) is 0 Å². The van der Waals surface area contributed by atoms with Gasteiger partial charge in [0.05, 0.1) is 25.8 Å². The van der Waals surface area contributed by atoms with E-state index < -0.39 is 0 Å². The largest absolute Gasteiger partial charge is 0.375 e. The first-order chi connectivity index (χ1) is 13.3. The lowest BCUT2D eigenvalue weighted by Crippen LogP contribution is -2.42. The van der Waals surface area contributed by atoms with E-state index in [0.717, 1.165) is 18.4 Å². The van der Waals surface area contributed by atoms with Crippen molar-refractivity contribution in [2.75, 3.05) is 13.2 Å². The predicted octanol–water partition coefficient (Wildman–Crippen LogP) is 3.87. The van der Waals surface area contributed by atoms with E-state index in [1.165, 1.54) is 24.1 Å². The van der Waals surface area contributed by atoms with Gasteiger partial charge in [-0.2, -0.15) is 0 Å². The van der Waals surface area contributed by atoms with Gasteiger partial charge in [0, 0.05) is 37.3 Å². The van der Waals surface area contributed by atoms with Gasteiger partial charge in [-0.15, -0.1) is 0 Å². The van der Waals surface area contributed by atoms with Crippen LogP contribution in [0.1, 0.15) is 49.4 Å². The van der Waals surface area contributed by atoms with Gasteiger partial charge in [-0.3, -0.25) is 9.78 Å². The molecule has 2 aliphatic rings. The molecule has 27 heavy (non-hydrogen) atoms. The van der Waals surface area contributed by atoms with E-state index >= 15 is 0 Å². The Kier molecular flexibility index (Phi) is 5.68. The molecule has 0 saturated carbocycles. The summed E-state index contributed by atoms with van der Waals surface area (Å²) in [5.41, 5.74) is 3.62. The fourth-order valence-corrected chi connectivity index (χ4v) is 4.01. The average Bonchev–Trinajstić information content (AvgIpc) is 3.18. The Balaban J connectivity index is 1.38. The van der Waals surface area contributed by atoms with Gasteiger partial charge in [0.1, 0.15) is 0 Å². The van der Waals surface area contributed by atoms with Crippen molar-refractivity contribution in [2.45, 2.75) is 51.3 Å². The van der Waals surface area contributed by atoms with Gasteiger partial charge in [0.2, 0.25) is 5.91 Å². The minimum absolute atomic E-state index is 0.162. The molecule has 0 spiro atoms. The smallest absolute Gasteiger partial charge is 0.227 e. The number of amides is 1. The minimum Gasteiger partial charge on any atom is -0.375 e. The van der Waals surface area contributed by atoms with Crippen LogP contribution >= 0.6 is 0 Å². The van der Waals surface area contributed by atoms with Crippen LogP contribution in [0.25, 0.3) is 0 Å². The van der Waals surface area contributed by atoms with Crippen molar-refractivity contribution in [3.8, 4) is 0 Å². The van der Waals surface area contributed by atoms with E-state index in [0.29, 0.717) is 32.7 Å². The van der Waals surface area contributed by atoms with Gasteiger partial charge in [-0.1, -0.05) is 11.6 Å². The lowest BCUT2D eigenvalue weighted by atomic mass is 9.96. The molecular weight excluding hydrogens is 338 g/mol. The van der Waals surface area contributed by atoms with Crippen LogP contribution in [0.5, 0.6) is 0 Å². The second kappa shape index (κ2) is 8.53. The van der Waals surface area contributed by atoms with Gasteiger partial charge in [-0.25, -0.2) is 0 Å². The topological polar surface area (TPSA) is 47.4 Å². The second-order valence-electron chi connectivity index (χ2n) is 7.49. The van der Waals surface area contributed by atoms with Crippen molar-refractivity contribution in [1.29, 1.82) is 0 Å². The number of hydrogen-bond acceptors (Lipinski definition) is 3. The molecule has 4 rings (SSSR count). The number of allylic oxidation sites excluding steroid dienone is 1. The molecule has 1 aliphatic heterocycles. The van der Waals surface area contributed by atoms with Crippen molar-refractivity contribution in [3.63, 3.8) is 0 Å². The molecule has 2 aromatic rings. The molecule has 0 aromatic carbocycles. The van der Waals surface area contributed by atoms with Crippen molar-refractivity contribution >= 4 is 5.91 Å². The van der Waals surface area contributed by atoms with Crippen molar-refractivity contribution in [3.05, 3.63) is 65.8 Å². The molecule has 5 heteroatoms. The van der Waals surface area contributed by atoms with Gasteiger partial charge in [-0.05, 0) is 55.5 Å². The molecule has 2 aromatic heterocycles. The number of nitrogens with zero attached hydrogens (tertiary/aromatic N) is 3. The zero-order valence-electron chi connectivity index (χ0n) is 15.7. The molecule has 3 heterocycles. The monoisotopic (exact) mass is 365 g/mol. The van der Waals surface area contributed by atoms with E-state index in [-0.39, 0.29) is 11.9 Å². The third-order valence-electron chi connectivity index (χ3n) is 5.49. The summed E-state index contributed by atoms with van der Waals surface area (Å²) >= 11 is 0. The number of hydrogen-bond donors (Lipinski definition) is 0. The Morgan fingerprint density at radius 3 is 2.93 bits per heavy atom. The Bertz CT molecular complexity index is 797. The number of pyridine rings is 1. The number of aromatic nitrogens is 2.